The summed E-state index contributed by atoms with van der Waals surface area (Å²) in [6, 6.07) is 10.8. The van der Waals surface area contributed by atoms with Gasteiger partial charge in [-0.05, 0) is 64.2 Å². The average Bonchev–Trinajstić information content (AvgIpc) is 2.34. The van der Waals surface area contributed by atoms with E-state index in [4.69, 9.17) is 0 Å². The fourth-order valence-electron chi connectivity index (χ4n) is 1.95. The van der Waals surface area contributed by atoms with E-state index in [0.29, 0.717) is 17.3 Å². The molecule has 1 N–H and O–H groups in total. The van der Waals surface area contributed by atoms with E-state index in [9.17, 15) is 13.9 Å². The molecule has 0 aliphatic carbocycles. The molecular weight excluding hydrogens is 314 g/mol. The molecule has 0 saturated heterocycles. The predicted molar refractivity (Wildman–Crippen MR) is 73.9 cm³/mol. The average molecular weight is 327 g/mol. The second-order valence-electron chi connectivity index (χ2n) is 4.44. The second kappa shape index (κ2) is 6.26. The SMILES string of the molecule is OC(Cc1cccc(F)c1)Cc1ccc(F)c(Br)c1. The van der Waals surface area contributed by atoms with Gasteiger partial charge >= 0.3 is 0 Å². The van der Waals surface area contributed by atoms with Gasteiger partial charge in [-0.2, -0.15) is 0 Å². The Morgan fingerprint density at radius 1 is 1.00 bits per heavy atom. The van der Waals surface area contributed by atoms with Crippen molar-refractivity contribution >= 4 is 15.9 Å². The molecule has 0 spiro atoms. The highest BCUT2D eigenvalue weighted by Crippen LogP contribution is 2.18. The summed E-state index contributed by atoms with van der Waals surface area (Å²) in [5, 5.41) is 9.98. The molecule has 0 aromatic heterocycles. The molecule has 19 heavy (non-hydrogen) atoms. The van der Waals surface area contributed by atoms with Crippen LogP contribution in [0.1, 0.15) is 11.1 Å². The maximum Gasteiger partial charge on any atom is 0.137 e. The molecule has 2 aromatic rings. The lowest BCUT2D eigenvalue weighted by Crippen LogP contribution is -2.14. The Kier molecular flexibility index (Phi) is 4.66. The normalized spacial score (nSPS) is 12.4. The smallest absolute Gasteiger partial charge is 0.137 e. The van der Waals surface area contributed by atoms with Gasteiger partial charge in [0.25, 0.3) is 0 Å². The predicted octanol–water partition coefficient (Wildman–Crippen LogP) is 3.87. The van der Waals surface area contributed by atoms with Gasteiger partial charge < -0.3 is 5.11 Å². The topological polar surface area (TPSA) is 20.2 Å². The van der Waals surface area contributed by atoms with Crippen LogP contribution in [-0.4, -0.2) is 11.2 Å². The molecule has 0 bridgehead atoms. The molecule has 0 saturated carbocycles. The van der Waals surface area contributed by atoms with Crippen molar-refractivity contribution in [1.29, 1.82) is 0 Å². The Balaban J connectivity index is 2.01. The molecule has 0 heterocycles. The summed E-state index contributed by atoms with van der Waals surface area (Å²) < 4.78 is 26.5. The summed E-state index contributed by atoms with van der Waals surface area (Å²) in [5.41, 5.74) is 1.57. The number of aliphatic hydroxyl groups is 1. The fourth-order valence-corrected chi connectivity index (χ4v) is 2.37. The molecule has 0 aliphatic rings. The van der Waals surface area contributed by atoms with E-state index in [1.54, 1.807) is 24.3 Å². The number of benzene rings is 2. The maximum atomic E-state index is 13.1. The Labute approximate surface area is 119 Å². The lowest BCUT2D eigenvalue weighted by atomic mass is 10.0. The molecule has 1 unspecified atom stereocenters. The summed E-state index contributed by atoms with van der Waals surface area (Å²) in [6.45, 7) is 0. The van der Waals surface area contributed by atoms with Gasteiger partial charge in [0.1, 0.15) is 11.6 Å². The van der Waals surface area contributed by atoms with Crippen LogP contribution >= 0.6 is 15.9 Å². The minimum Gasteiger partial charge on any atom is -0.392 e. The van der Waals surface area contributed by atoms with E-state index in [2.05, 4.69) is 15.9 Å². The molecular formula is C15H13BrF2O. The van der Waals surface area contributed by atoms with E-state index >= 15 is 0 Å². The summed E-state index contributed by atoms with van der Waals surface area (Å²) in [5.74, 6) is -0.641. The Morgan fingerprint density at radius 3 is 2.32 bits per heavy atom. The third-order valence-electron chi connectivity index (χ3n) is 2.82. The van der Waals surface area contributed by atoms with E-state index in [-0.39, 0.29) is 11.6 Å². The molecule has 0 aliphatic heterocycles. The Hall–Kier alpha value is -1.26. The summed E-state index contributed by atoms with van der Waals surface area (Å²) in [4.78, 5) is 0. The lowest BCUT2D eigenvalue weighted by Gasteiger charge is -2.11. The van der Waals surface area contributed by atoms with Crippen LogP contribution in [0.4, 0.5) is 8.78 Å². The number of halogens is 3. The highest BCUT2D eigenvalue weighted by atomic mass is 79.9. The number of hydrogen-bond acceptors (Lipinski definition) is 1. The van der Waals surface area contributed by atoms with Gasteiger partial charge in [0, 0.05) is 0 Å². The van der Waals surface area contributed by atoms with Gasteiger partial charge in [0.15, 0.2) is 0 Å². The van der Waals surface area contributed by atoms with Crippen molar-refractivity contribution in [3.05, 3.63) is 69.7 Å². The Morgan fingerprint density at radius 2 is 1.68 bits per heavy atom. The first-order valence-corrected chi connectivity index (χ1v) is 6.70. The van der Waals surface area contributed by atoms with Crippen LogP contribution in [-0.2, 0) is 12.8 Å². The number of rotatable bonds is 4. The Bertz CT molecular complexity index is 572. The molecule has 1 atom stereocenters. The van der Waals surface area contributed by atoms with Gasteiger partial charge in [-0.1, -0.05) is 18.2 Å². The van der Waals surface area contributed by atoms with Crippen LogP contribution in [0.25, 0.3) is 0 Å². The molecule has 2 rings (SSSR count). The first-order chi connectivity index (χ1) is 9.04. The van der Waals surface area contributed by atoms with Crippen molar-refractivity contribution < 1.29 is 13.9 Å². The minimum atomic E-state index is -0.626. The molecule has 0 fully saturated rings. The zero-order chi connectivity index (χ0) is 13.8. The first-order valence-electron chi connectivity index (χ1n) is 5.91. The second-order valence-corrected chi connectivity index (χ2v) is 5.29. The number of hydrogen-bond donors (Lipinski definition) is 1. The van der Waals surface area contributed by atoms with E-state index in [1.807, 2.05) is 0 Å². The lowest BCUT2D eigenvalue weighted by molar-refractivity contribution is 0.175. The van der Waals surface area contributed by atoms with Crippen molar-refractivity contribution in [2.75, 3.05) is 0 Å². The van der Waals surface area contributed by atoms with Crippen LogP contribution in [0.2, 0.25) is 0 Å². The monoisotopic (exact) mass is 326 g/mol. The summed E-state index contributed by atoms with van der Waals surface area (Å²) >= 11 is 3.11. The van der Waals surface area contributed by atoms with E-state index in [0.717, 1.165) is 11.1 Å². The van der Waals surface area contributed by atoms with Gasteiger partial charge in [-0.25, -0.2) is 8.78 Å². The van der Waals surface area contributed by atoms with Crippen molar-refractivity contribution in [2.24, 2.45) is 0 Å². The fraction of sp³-hybridized carbons (Fsp3) is 0.200. The highest BCUT2D eigenvalue weighted by Gasteiger charge is 2.09. The molecule has 2 aromatic carbocycles. The highest BCUT2D eigenvalue weighted by molar-refractivity contribution is 9.10. The maximum absolute atomic E-state index is 13.1. The number of aliphatic hydroxyl groups excluding tert-OH is 1. The summed E-state index contributed by atoms with van der Waals surface area (Å²) in [7, 11) is 0. The van der Waals surface area contributed by atoms with Crippen molar-refractivity contribution in [3.63, 3.8) is 0 Å². The van der Waals surface area contributed by atoms with Gasteiger partial charge in [-0.3, -0.25) is 0 Å². The van der Waals surface area contributed by atoms with E-state index < -0.39 is 6.10 Å². The zero-order valence-corrected chi connectivity index (χ0v) is 11.7. The molecule has 4 heteroatoms. The third-order valence-corrected chi connectivity index (χ3v) is 3.42. The van der Waals surface area contributed by atoms with Gasteiger partial charge in [-0.15, -0.1) is 0 Å². The van der Waals surface area contributed by atoms with Gasteiger partial charge in [0.05, 0.1) is 10.6 Å². The van der Waals surface area contributed by atoms with Crippen molar-refractivity contribution in [1.82, 2.24) is 0 Å². The molecule has 0 amide bonds. The van der Waals surface area contributed by atoms with Crippen molar-refractivity contribution in [2.45, 2.75) is 18.9 Å². The largest absolute Gasteiger partial charge is 0.392 e. The van der Waals surface area contributed by atoms with Crippen LogP contribution in [0.15, 0.2) is 46.9 Å². The van der Waals surface area contributed by atoms with Crippen LogP contribution in [0, 0.1) is 11.6 Å². The quantitative estimate of drug-likeness (QED) is 0.904. The molecule has 0 radical (unpaired) electrons. The van der Waals surface area contributed by atoms with E-state index in [1.165, 1.54) is 18.2 Å². The zero-order valence-electron chi connectivity index (χ0n) is 10.1. The van der Waals surface area contributed by atoms with Crippen LogP contribution < -0.4 is 0 Å². The van der Waals surface area contributed by atoms with Gasteiger partial charge in [0.2, 0.25) is 0 Å². The van der Waals surface area contributed by atoms with Crippen LogP contribution in [0.3, 0.4) is 0 Å². The van der Waals surface area contributed by atoms with Crippen LogP contribution in [0.5, 0.6) is 0 Å². The first kappa shape index (κ1) is 14.2. The molecule has 1 nitrogen and oxygen atoms in total. The third kappa shape index (κ3) is 4.11. The summed E-state index contributed by atoms with van der Waals surface area (Å²) in [6.07, 6.45) is 0.140. The molecule has 100 valence electrons. The minimum absolute atomic E-state index is 0.311. The standard InChI is InChI=1S/C15H13BrF2O/c16-14-9-11(4-5-15(14)18)8-13(19)7-10-2-1-3-12(17)6-10/h1-6,9,13,19H,7-8H2. The van der Waals surface area contributed by atoms with Crippen molar-refractivity contribution in [3.8, 4) is 0 Å².